The number of benzene rings is 1. The summed E-state index contributed by atoms with van der Waals surface area (Å²) in [4.78, 5) is 6.62. The largest absolute Gasteiger partial charge is 0.378 e. The maximum Gasteiger partial charge on any atom is 0.110 e. The fraction of sp³-hybridized carbons (Fsp3) is 0.471. The highest BCUT2D eigenvalue weighted by Crippen LogP contribution is 2.21. The quantitative estimate of drug-likeness (QED) is 0.849. The van der Waals surface area contributed by atoms with E-state index in [0.29, 0.717) is 6.04 Å². The summed E-state index contributed by atoms with van der Waals surface area (Å²) in [5.74, 6) is 1.14. The first-order valence-corrected chi connectivity index (χ1v) is 7.66. The molecule has 114 valence electrons. The predicted octanol–water partition coefficient (Wildman–Crippen LogP) is 2.86. The third-order valence-electron chi connectivity index (χ3n) is 3.79. The van der Waals surface area contributed by atoms with Crippen molar-refractivity contribution in [3.8, 4) is 0 Å². The Morgan fingerprint density at radius 1 is 1.19 bits per heavy atom. The SMILES string of the molecule is CCNC(Cc1nccn1CC)c1ccc(N(C)C)cc1. The Balaban J connectivity index is 2.18. The van der Waals surface area contributed by atoms with Gasteiger partial charge in [0.15, 0.2) is 0 Å². The van der Waals surface area contributed by atoms with Crippen molar-refractivity contribution in [2.45, 2.75) is 32.9 Å². The van der Waals surface area contributed by atoms with Gasteiger partial charge in [-0.05, 0) is 31.2 Å². The number of anilines is 1. The van der Waals surface area contributed by atoms with Crippen LogP contribution in [0.2, 0.25) is 0 Å². The minimum Gasteiger partial charge on any atom is -0.378 e. The first kappa shape index (κ1) is 15.6. The monoisotopic (exact) mass is 286 g/mol. The molecule has 0 saturated heterocycles. The molecule has 1 aromatic carbocycles. The van der Waals surface area contributed by atoms with Crippen molar-refractivity contribution in [1.29, 1.82) is 0 Å². The van der Waals surface area contributed by atoms with Gasteiger partial charge >= 0.3 is 0 Å². The molecular weight excluding hydrogens is 260 g/mol. The Labute approximate surface area is 127 Å². The average molecular weight is 286 g/mol. The maximum atomic E-state index is 4.50. The van der Waals surface area contributed by atoms with Crippen LogP contribution in [0.3, 0.4) is 0 Å². The second kappa shape index (κ2) is 7.27. The van der Waals surface area contributed by atoms with Gasteiger partial charge in [-0.15, -0.1) is 0 Å². The van der Waals surface area contributed by atoms with Gasteiger partial charge in [0.2, 0.25) is 0 Å². The standard InChI is InChI=1S/C17H26N4/c1-5-18-16(13-17-19-11-12-21(17)6-2)14-7-9-15(10-8-14)20(3)4/h7-12,16,18H,5-6,13H2,1-4H3. The zero-order valence-corrected chi connectivity index (χ0v) is 13.5. The van der Waals surface area contributed by atoms with E-state index in [-0.39, 0.29) is 0 Å². The van der Waals surface area contributed by atoms with E-state index in [2.05, 4.69) is 72.0 Å². The van der Waals surface area contributed by atoms with E-state index < -0.39 is 0 Å². The fourth-order valence-corrected chi connectivity index (χ4v) is 2.56. The summed E-state index contributed by atoms with van der Waals surface area (Å²) in [6, 6.07) is 9.07. The van der Waals surface area contributed by atoms with Gasteiger partial charge < -0.3 is 14.8 Å². The van der Waals surface area contributed by atoms with Crippen molar-refractivity contribution >= 4 is 5.69 Å². The molecule has 0 aliphatic carbocycles. The Hall–Kier alpha value is -1.81. The van der Waals surface area contributed by atoms with Crippen LogP contribution in [0, 0.1) is 0 Å². The molecule has 1 atom stereocenters. The third-order valence-corrected chi connectivity index (χ3v) is 3.79. The lowest BCUT2D eigenvalue weighted by Gasteiger charge is -2.20. The summed E-state index contributed by atoms with van der Waals surface area (Å²) in [5.41, 5.74) is 2.54. The van der Waals surface area contributed by atoms with Crippen LogP contribution in [-0.2, 0) is 13.0 Å². The van der Waals surface area contributed by atoms with Crippen LogP contribution in [0.25, 0.3) is 0 Å². The number of imidazole rings is 1. The van der Waals surface area contributed by atoms with Crippen LogP contribution in [-0.4, -0.2) is 30.2 Å². The zero-order chi connectivity index (χ0) is 15.2. The van der Waals surface area contributed by atoms with Crippen molar-refractivity contribution in [3.05, 3.63) is 48.0 Å². The van der Waals surface area contributed by atoms with E-state index >= 15 is 0 Å². The summed E-state index contributed by atoms with van der Waals surface area (Å²) in [6.45, 7) is 6.22. The molecule has 1 unspecified atom stereocenters. The first-order chi connectivity index (χ1) is 10.2. The lowest BCUT2D eigenvalue weighted by Crippen LogP contribution is -2.24. The zero-order valence-electron chi connectivity index (χ0n) is 13.5. The van der Waals surface area contributed by atoms with Gasteiger partial charge in [0.1, 0.15) is 5.82 Å². The molecule has 4 heteroatoms. The normalized spacial score (nSPS) is 12.4. The van der Waals surface area contributed by atoms with Crippen LogP contribution < -0.4 is 10.2 Å². The number of rotatable bonds is 7. The molecule has 2 rings (SSSR count). The molecule has 1 N–H and O–H groups in total. The summed E-state index contributed by atoms with van der Waals surface area (Å²) in [7, 11) is 4.13. The molecule has 21 heavy (non-hydrogen) atoms. The smallest absolute Gasteiger partial charge is 0.110 e. The van der Waals surface area contributed by atoms with Crippen LogP contribution >= 0.6 is 0 Å². The van der Waals surface area contributed by atoms with Crippen LogP contribution in [0.5, 0.6) is 0 Å². The summed E-state index contributed by atoms with van der Waals surface area (Å²) < 4.78 is 2.21. The van der Waals surface area contributed by atoms with Gasteiger partial charge in [0, 0.05) is 51.2 Å². The van der Waals surface area contributed by atoms with Crippen molar-refractivity contribution in [2.24, 2.45) is 0 Å². The Morgan fingerprint density at radius 2 is 1.90 bits per heavy atom. The highest BCUT2D eigenvalue weighted by Gasteiger charge is 2.14. The number of aryl methyl sites for hydroxylation is 1. The van der Waals surface area contributed by atoms with E-state index in [4.69, 9.17) is 0 Å². The van der Waals surface area contributed by atoms with Crippen molar-refractivity contribution in [3.63, 3.8) is 0 Å². The van der Waals surface area contributed by atoms with Gasteiger partial charge in [0.25, 0.3) is 0 Å². The molecule has 2 aromatic rings. The molecule has 1 aromatic heterocycles. The Morgan fingerprint density at radius 3 is 2.48 bits per heavy atom. The van der Waals surface area contributed by atoms with Gasteiger partial charge in [0.05, 0.1) is 0 Å². The van der Waals surface area contributed by atoms with Crippen LogP contribution in [0.15, 0.2) is 36.7 Å². The number of nitrogens with one attached hydrogen (secondary N) is 1. The number of likely N-dealkylation sites (N-methyl/N-ethyl adjacent to an activating group) is 1. The Bertz CT molecular complexity index is 542. The average Bonchev–Trinajstić information content (AvgIpc) is 2.94. The second-order valence-electron chi connectivity index (χ2n) is 5.43. The van der Waals surface area contributed by atoms with Crippen molar-refractivity contribution in [1.82, 2.24) is 14.9 Å². The van der Waals surface area contributed by atoms with E-state index in [1.165, 1.54) is 11.3 Å². The third kappa shape index (κ3) is 3.85. The molecular formula is C17H26N4. The summed E-state index contributed by atoms with van der Waals surface area (Å²) in [6.07, 6.45) is 4.85. The number of aromatic nitrogens is 2. The molecule has 0 aliphatic heterocycles. The molecule has 1 heterocycles. The second-order valence-corrected chi connectivity index (χ2v) is 5.43. The molecule has 0 fully saturated rings. The lowest BCUT2D eigenvalue weighted by atomic mass is 10.0. The highest BCUT2D eigenvalue weighted by molar-refractivity contribution is 5.46. The predicted molar refractivity (Wildman–Crippen MR) is 88.8 cm³/mol. The Kier molecular flexibility index (Phi) is 5.39. The molecule has 0 saturated carbocycles. The maximum absolute atomic E-state index is 4.50. The van der Waals surface area contributed by atoms with Gasteiger partial charge in [-0.3, -0.25) is 0 Å². The van der Waals surface area contributed by atoms with E-state index in [9.17, 15) is 0 Å². The fourth-order valence-electron chi connectivity index (χ4n) is 2.56. The minimum absolute atomic E-state index is 0.305. The van der Waals surface area contributed by atoms with E-state index in [1.807, 2.05) is 12.4 Å². The van der Waals surface area contributed by atoms with Crippen molar-refractivity contribution in [2.75, 3.05) is 25.5 Å². The number of hydrogen-bond donors (Lipinski definition) is 1. The molecule has 0 amide bonds. The van der Waals surface area contributed by atoms with Gasteiger partial charge in [-0.25, -0.2) is 4.98 Å². The minimum atomic E-state index is 0.305. The lowest BCUT2D eigenvalue weighted by molar-refractivity contribution is 0.522. The number of hydrogen-bond acceptors (Lipinski definition) is 3. The van der Waals surface area contributed by atoms with E-state index in [1.54, 1.807) is 0 Å². The summed E-state index contributed by atoms with van der Waals surface area (Å²) >= 11 is 0. The van der Waals surface area contributed by atoms with Crippen LogP contribution in [0.1, 0.15) is 31.3 Å². The van der Waals surface area contributed by atoms with E-state index in [0.717, 1.165) is 25.3 Å². The van der Waals surface area contributed by atoms with Gasteiger partial charge in [-0.1, -0.05) is 19.1 Å². The van der Waals surface area contributed by atoms with Crippen LogP contribution in [0.4, 0.5) is 5.69 Å². The molecule has 0 radical (unpaired) electrons. The highest BCUT2D eigenvalue weighted by atomic mass is 15.1. The molecule has 0 bridgehead atoms. The topological polar surface area (TPSA) is 33.1 Å². The molecule has 4 nitrogen and oxygen atoms in total. The molecule has 0 spiro atoms. The summed E-state index contributed by atoms with van der Waals surface area (Å²) in [5, 5.41) is 3.57. The van der Waals surface area contributed by atoms with Gasteiger partial charge in [-0.2, -0.15) is 0 Å². The number of nitrogens with zero attached hydrogens (tertiary/aromatic N) is 3. The van der Waals surface area contributed by atoms with Crippen molar-refractivity contribution < 1.29 is 0 Å². The molecule has 0 aliphatic rings. The first-order valence-electron chi connectivity index (χ1n) is 7.66.